The van der Waals surface area contributed by atoms with Crippen LogP contribution in [-0.2, 0) is 4.79 Å². The summed E-state index contributed by atoms with van der Waals surface area (Å²) in [6.07, 6.45) is 3.97. The highest BCUT2D eigenvalue weighted by Crippen LogP contribution is 2.36. The summed E-state index contributed by atoms with van der Waals surface area (Å²) in [5.74, 6) is 1.23. The molecule has 98 valence electrons. The Morgan fingerprint density at radius 2 is 1.71 bits per heavy atom. The Morgan fingerprint density at radius 3 is 2.18 bits per heavy atom. The fourth-order valence-corrected chi connectivity index (χ4v) is 3.57. The summed E-state index contributed by atoms with van der Waals surface area (Å²) in [7, 11) is 0. The van der Waals surface area contributed by atoms with Gasteiger partial charge in [0.05, 0.1) is 5.92 Å². The molecule has 0 amide bonds. The lowest BCUT2D eigenvalue weighted by Gasteiger charge is -2.49. The van der Waals surface area contributed by atoms with Gasteiger partial charge in [0.2, 0.25) is 0 Å². The van der Waals surface area contributed by atoms with E-state index in [0.717, 1.165) is 24.9 Å². The molecule has 1 saturated heterocycles. The van der Waals surface area contributed by atoms with Gasteiger partial charge in [-0.25, -0.2) is 0 Å². The lowest BCUT2D eigenvalue weighted by Crippen LogP contribution is -2.56. The van der Waals surface area contributed by atoms with Crippen molar-refractivity contribution in [3.05, 3.63) is 0 Å². The summed E-state index contributed by atoms with van der Waals surface area (Å²) in [6.45, 7) is 8.53. The van der Waals surface area contributed by atoms with E-state index in [2.05, 4.69) is 18.7 Å². The number of rotatable bonds is 3. The van der Waals surface area contributed by atoms with Crippen LogP contribution in [0.1, 0.15) is 40.0 Å². The molecule has 1 aliphatic heterocycles. The first-order valence-electron chi connectivity index (χ1n) is 6.94. The molecule has 0 bridgehead atoms. The van der Waals surface area contributed by atoms with Gasteiger partial charge in [-0.15, -0.1) is 0 Å². The quantitative estimate of drug-likeness (QED) is 0.822. The third-order valence-electron chi connectivity index (χ3n) is 4.70. The zero-order chi connectivity index (χ0) is 12.6. The maximum atomic E-state index is 10.9. The smallest absolute Gasteiger partial charge is 0.306 e. The molecule has 17 heavy (non-hydrogen) atoms. The Labute approximate surface area is 104 Å². The highest BCUT2D eigenvalue weighted by molar-refractivity contribution is 5.70. The second kappa shape index (κ2) is 4.97. The SMILES string of the molecule is CC1CC(C)CC(N2CC(C(C)C(=O)O)C2)C1. The van der Waals surface area contributed by atoms with Crippen LogP contribution in [-0.4, -0.2) is 35.1 Å². The molecule has 0 aromatic heterocycles. The third kappa shape index (κ3) is 2.82. The van der Waals surface area contributed by atoms with Crippen molar-refractivity contribution in [3.63, 3.8) is 0 Å². The Kier molecular flexibility index (Phi) is 3.76. The number of carboxylic acid groups (broad SMARTS) is 1. The van der Waals surface area contributed by atoms with Crippen LogP contribution in [0.2, 0.25) is 0 Å². The van der Waals surface area contributed by atoms with Crippen LogP contribution < -0.4 is 0 Å². The molecule has 3 heteroatoms. The van der Waals surface area contributed by atoms with Gasteiger partial charge in [-0.2, -0.15) is 0 Å². The number of aliphatic carboxylic acids is 1. The molecule has 3 atom stereocenters. The van der Waals surface area contributed by atoms with Crippen molar-refractivity contribution in [2.45, 2.75) is 46.1 Å². The van der Waals surface area contributed by atoms with Gasteiger partial charge >= 0.3 is 5.97 Å². The molecule has 1 aliphatic carbocycles. The van der Waals surface area contributed by atoms with Crippen molar-refractivity contribution in [3.8, 4) is 0 Å². The summed E-state index contributed by atoms with van der Waals surface area (Å²) in [4.78, 5) is 13.4. The van der Waals surface area contributed by atoms with Crippen molar-refractivity contribution < 1.29 is 9.90 Å². The number of likely N-dealkylation sites (tertiary alicyclic amines) is 1. The molecule has 2 fully saturated rings. The largest absolute Gasteiger partial charge is 0.481 e. The Bertz CT molecular complexity index is 276. The molecule has 3 unspecified atom stereocenters. The minimum absolute atomic E-state index is 0.176. The molecular weight excluding hydrogens is 214 g/mol. The molecule has 0 aromatic rings. The normalized spacial score (nSPS) is 37.5. The fourth-order valence-electron chi connectivity index (χ4n) is 3.57. The van der Waals surface area contributed by atoms with Gasteiger partial charge < -0.3 is 5.11 Å². The minimum atomic E-state index is -0.639. The van der Waals surface area contributed by atoms with Crippen molar-refractivity contribution in [1.82, 2.24) is 4.90 Å². The van der Waals surface area contributed by atoms with Gasteiger partial charge in [0.25, 0.3) is 0 Å². The van der Waals surface area contributed by atoms with E-state index < -0.39 is 5.97 Å². The number of carbonyl (C=O) groups is 1. The van der Waals surface area contributed by atoms with E-state index in [-0.39, 0.29) is 5.92 Å². The summed E-state index contributed by atoms with van der Waals surface area (Å²) >= 11 is 0. The van der Waals surface area contributed by atoms with E-state index in [1.165, 1.54) is 19.3 Å². The molecule has 1 heterocycles. The van der Waals surface area contributed by atoms with Crippen LogP contribution in [0, 0.1) is 23.7 Å². The Morgan fingerprint density at radius 1 is 1.18 bits per heavy atom. The van der Waals surface area contributed by atoms with E-state index >= 15 is 0 Å². The predicted molar refractivity (Wildman–Crippen MR) is 67.8 cm³/mol. The maximum Gasteiger partial charge on any atom is 0.306 e. The topological polar surface area (TPSA) is 40.5 Å². The molecule has 2 aliphatic rings. The van der Waals surface area contributed by atoms with Crippen LogP contribution >= 0.6 is 0 Å². The fraction of sp³-hybridized carbons (Fsp3) is 0.929. The van der Waals surface area contributed by atoms with Crippen molar-refractivity contribution in [1.29, 1.82) is 0 Å². The van der Waals surface area contributed by atoms with Crippen molar-refractivity contribution in [2.75, 3.05) is 13.1 Å². The predicted octanol–water partition coefficient (Wildman–Crippen LogP) is 2.46. The average Bonchev–Trinajstić information content (AvgIpc) is 2.13. The number of carboxylic acids is 1. The number of hydrogen-bond donors (Lipinski definition) is 1. The van der Waals surface area contributed by atoms with Crippen molar-refractivity contribution >= 4 is 5.97 Å². The van der Waals surface area contributed by atoms with E-state index in [1.54, 1.807) is 0 Å². The molecule has 1 N–H and O–H groups in total. The van der Waals surface area contributed by atoms with Crippen LogP contribution in [0.5, 0.6) is 0 Å². The van der Waals surface area contributed by atoms with E-state index in [4.69, 9.17) is 5.11 Å². The molecule has 3 nitrogen and oxygen atoms in total. The van der Waals surface area contributed by atoms with Crippen LogP contribution in [0.3, 0.4) is 0 Å². The highest BCUT2D eigenvalue weighted by Gasteiger charge is 2.39. The zero-order valence-electron chi connectivity index (χ0n) is 11.2. The number of hydrogen-bond acceptors (Lipinski definition) is 2. The highest BCUT2D eigenvalue weighted by atomic mass is 16.4. The van der Waals surface area contributed by atoms with Crippen LogP contribution in [0.25, 0.3) is 0 Å². The summed E-state index contributed by atoms with van der Waals surface area (Å²) < 4.78 is 0. The molecule has 0 spiro atoms. The standard InChI is InChI=1S/C14H25NO2/c1-9-4-10(2)6-13(5-9)15-7-12(8-15)11(3)14(16)17/h9-13H,4-8H2,1-3H3,(H,16,17). The first-order valence-corrected chi connectivity index (χ1v) is 6.94. The van der Waals surface area contributed by atoms with Crippen LogP contribution in [0.15, 0.2) is 0 Å². The molecule has 0 aromatic carbocycles. The summed E-state index contributed by atoms with van der Waals surface area (Å²) in [5, 5.41) is 8.98. The molecule has 1 saturated carbocycles. The van der Waals surface area contributed by atoms with Gasteiger partial charge in [0.15, 0.2) is 0 Å². The van der Waals surface area contributed by atoms with Gasteiger partial charge in [0, 0.05) is 19.1 Å². The van der Waals surface area contributed by atoms with Gasteiger partial charge in [-0.3, -0.25) is 9.69 Å². The lowest BCUT2D eigenvalue weighted by molar-refractivity contribution is -0.146. The summed E-state index contributed by atoms with van der Waals surface area (Å²) in [5.41, 5.74) is 0. The zero-order valence-corrected chi connectivity index (χ0v) is 11.2. The first-order chi connectivity index (χ1) is 7.97. The van der Waals surface area contributed by atoms with Gasteiger partial charge in [0.1, 0.15) is 0 Å². The van der Waals surface area contributed by atoms with E-state index in [0.29, 0.717) is 12.0 Å². The van der Waals surface area contributed by atoms with E-state index in [1.807, 2.05) is 6.92 Å². The van der Waals surface area contributed by atoms with Crippen molar-refractivity contribution in [2.24, 2.45) is 23.7 Å². The maximum absolute atomic E-state index is 10.9. The van der Waals surface area contributed by atoms with Gasteiger partial charge in [-0.1, -0.05) is 20.8 Å². The Balaban J connectivity index is 1.81. The Hall–Kier alpha value is -0.570. The van der Waals surface area contributed by atoms with E-state index in [9.17, 15) is 4.79 Å². The molecular formula is C14H25NO2. The second-order valence-electron chi connectivity index (χ2n) is 6.41. The third-order valence-corrected chi connectivity index (χ3v) is 4.70. The van der Waals surface area contributed by atoms with Crippen LogP contribution in [0.4, 0.5) is 0 Å². The molecule has 0 radical (unpaired) electrons. The summed E-state index contributed by atoms with van der Waals surface area (Å²) in [6, 6.07) is 0.714. The average molecular weight is 239 g/mol. The lowest BCUT2D eigenvalue weighted by atomic mass is 9.77. The first kappa shape index (κ1) is 12.9. The number of nitrogens with zero attached hydrogens (tertiary/aromatic N) is 1. The minimum Gasteiger partial charge on any atom is -0.481 e. The second-order valence-corrected chi connectivity index (χ2v) is 6.41. The van der Waals surface area contributed by atoms with Gasteiger partial charge in [-0.05, 0) is 37.0 Å². The monoisotopic (exact) mass is 239 g/mol. The molecule has 2 rings (SSSR count).